The van der Waals surface area contributed by atoms with Gasteiger partial charge in [-0.2, -0.15) is 0 Å². The first kappa shape index (κ1) is 13.8. The smallest absolute Gasteiger partial charge is 0.327 e. The minimum atomic E-state index is -1.09. The molecule has 0 aliphatic heterocycles. The molecule has 0 amide bonds. The van der Waals surface area contributed by atoms with Crippen LogP contribution in [0, 0.1) is 11.6 Å². The van der Waals surface area contributed by atoms with Gasteiger partial charge in [-0.15, -0.1) is 12.4 Å². The van der Waals surface area contributed by atoms with Gasteiger partial charge in [0.25, 0.3) is 0 Å². The lowest BCUT2D eigenvalue weighted by Gasteiger charge is -2.09. The Hall–Kier alpha value is -1.20. The maximum absolute atomic E-state index is 12.7. The predicted molar refractivity (Wildman–Crippen MR) is 52.6 cm³/mol. The number of benzene rings is 1. The zero-order chi connectivity index (χ0) is 10.7. The fraction of sp³-hybridized carbons (Fsp3) is 0.222. The van der Waals surface area contributed by atoms with Crippen LogP contribution in [0.2, 0.25) is 0 Å². The second kappa shape index (κ2) is 5.63. The van der Waals surface area contributed by atoms with Crippen LogP contribution < -0.4 is 5.73 Å². The first-order valence-corrected chi connectivity index (χ1v) is 3.84. The summed E-state index contributed by atoms with van der Waals surface area (Å²) in [4.78, 5) is 10.9. The molecule has 0 saturated heterocycles. The van der Waals surface area contributed by atoms with E-state index in [2.05, 4.69) is 4.74 Å². The average molecular weight is 238 g/mol. The lowest BCUT2D eigenvalue weighted by atomic mass is 10.1. The third-order valence-electron chi connectivity index (χ3n) is 1.76. The molecule has 1 aromatic rings. The van der Waals surface area contributed by atoms with Crippen LogP contribution in [-0.2, 0) is 9.53 Å². The molecule has 0 spiro atoms. The topological polar surface area (TPSA) is 52.3 Å². The SMILES string of the molecule is COC(=O)[C@@H](N)c1ccc(F)c(F)c1.Cl. The van der Waals surface area contributed by atoms with Crippen molar-refractivity contribution in [3.63, 3.8) is 0 Å². The second-order valence-electron chi connectivity index (χ2n) is 2.67. The van der Waals surface area contributed by atoms with E-state index in [1.807, 2.05) is 0 Å². The third-order valence-corrected chi connectivity index (χ3v) is 1.76. The van der Waals surface area contributed by atoms with Crippen molar-refractivity contribution >= 4 is 18.4 Å². The van der Waals surface area contributed by atoms with Crippen LogP contribution in [0.5, 0.6) is 0 Å². The maximum atomic E-state index is 12.7. The Morgan fingerprint density at radius 1 is 1.40 bits per heavy atom. The highest BCUT2D eigenvalue weighted by Crippen LogP contribution is 2.15. The molecule has 0 heterocycles. The van der Waals surface area contributed by atoms with Crippen LogP contribution >= 0.6 is 12.4 Å². The summed E-state index contributed by atoms with van der Waals surface area (Å²) in [6, 6.07) is 1.93. The molecule has 1 aromatic carbocycles. The standard InChI is InChI=1S/C9H9F2NO2.ClH/c1-14-9(13)8(12)5-2-3-6(10)7(11)4-5;/h2-4,8H,12H2,1H3;1H/t8-;/m0./s1. The minimum absolute atomic E-state index is 0. The van der Waals surface area contributed by atoms with Crippen molar-refractivity contribution in [1.82, 2.24) is 0 Å². The molecule has 0 aromatic heterocycles. The van der Waals surface area contributed by atoms with Gasteiger partial charge in [-0.3, -0.25) is 4.79 Å². The summed E-state index contributed by atoms with van der Waals surface area (Å²) in [6.07, 6.45) is 0. The highest BCUT2D eigenvalue weighted by atomic mass is 35.5. The Kier molecular flexibility index (Phi) is 5.18. The molecule has 1 rings (SSSR count). The van der Waals surface area contributed by atoms with Gasteiger partial charge in [-0.05, 0) is 17.7 Å². The van der Waals surface area contributed by atoms with Gasteiger partial charge >= 0.3 is 5.97 Å². The molecule has 6 heteroatoms. The maximum Gasteiger partial charge on any atom is 0.327 e. The number of esters is 1. The van der Waals surface area contributed by atoms with Crippen molar-refractivity contribution in [2.45, 2.75) is 6.04 Å². The summed E-state index contributed by atoms with van der Waals surface area (Å²) < 4.78 is 29.6. The highest BCUT2D eigenvalue weighted by Gasteiger charge is 2.17. The van der Waals surface area contributed by atoms with E-state index in [1.165, 1.54) is 13.2 Å². The van der Waals surface area contributed by atoms with E-state index in [0.717, 1.165) is 12.1 Å². The number of ether oxygens (including phenoxy) is 1. The highest BCUT2D eigenvalue weighted by molar-refractivity contribution is 5.85. The molecule has 0 aliphatic rings. The summed E-state index contributed by atoms with van der Waals surface area (Å²) in [5, 5.41) is 0. The molecule has 0 fully saturated rings. The molecule has 84 valence electrons. The van der Waals surface area contributed by atoms with E-state index in [9.17, 15) is 13.6 Å². The minimum Gasteiger partial charge on any atom is -0.468 e. The quantitative estimate of drug-likeness (QED) is 0.795. The van der Waals surface area contributed by atoms with E-state index >= 15 is 0 Å². The summed E-state index contributed by atoms with van der Waals surface area (Å²) in [7, 11) is 1.17. The van der Waals surface area contributed by atoms with Crippen molar-refractivity contribution < 1.29 is 18.3 Å². The molecule has 0 bridgehead atoms. The average Bonchev–Trinajstić information content (AvgIpc) is 2.20. The first-order chi connectivity index (χ1) is 6.56. The Morgan fingerprint density at radius 3 is 2.47 bits per heavy atom. The van der Waals surface area contributed by atoms with Crippen molar-refractivity contribution in [1.29, 1.82) is 0 Å². The molecule has 3 nitrogen and oxygen atoms in total. The van der Waals surface area contributed by atoms with E-state index in [0.29, 0.717) is 0 Å². The fourth-order valence-corrected chi connectivity index (χ4v) is 0.969. The van der Waals surface area contributed by atoms with Crippen LogP contribution in [0.25, 0.3) is 0 Å². The summed E-state index contributed by atoms with van der Waals surface area (Å²) in [6.45, 7) is 0. The third kappa shape index (κ3) is 3.14. The van der Waals surface area contributed by atoms with Crippen molar-refractivity contribution in [3.05, 3.63) is 35.4 Å². The van der Waals surface area contributed by atoms with E-state index < -0.39 is 23.6 Å². The zero-order valence-corrected chi connectivity index (χ0v) is 8.68. The van der Waals surface area contributed by atoms with E-state index in [1.54, 1.807) is 0 Å². The predicted octanol–water partition coefficient (Wildman–Crippen LogP) is 1.56. The molecule has 1 atom stereocenters. The number of carbonyl (C=O) groups excluding carboxylic acids is 1. The fourth-order valence-electron chi connectivity index (χ4n) is 0.969. The number of carbonyl (C=O) groups is 1. The Labute approximate surface area is 91.6 Å². The number of hydrogen-bond donors (Lipinski definition) is 1. The Bertz CT molecular complexity index is 360. The van der Waals surface area contributed by atoms with Crippen LogP contribution in [-0.4, -0.2) is 13.1 Å². The van der Waals surface area contributed by atoms with E-state index in [4.69, 9.17) is 5.73 Å². The monoisotopic (exact) mass is 237 g/mol. The molecular weight excluding hydrogens is 228 g/mol. The van der Waals surface area contributed by atoms with Crippen molar-refractivity contribution in [3.8, 4) is 0 Å². The van der Waals surface area contributed by atoms with Gasteiger partial charge in [0.05, 0.1) is 7.11 Å². The first-order valence-electron chi connectivity index (χ1n) is 3.84. The van der Waals surface area contributed by atoms with Crippen LogP contribution in [0.1, 0.15) is 11.6 Å². The number of hydrogen-bond acceptors (Lipinski definition) is 3. The lowest BCUT2D eigenvalue weighted by Crippen LogP contribution is -2.22. The van der Waals surface area contributed by atoms with Gasteiger partial charge in [0, 0.05) is 0 Å². The Balaban J connectivity index is 0.00000196. The van der Waals surface area contributed by atoms with Crippen LogP contribution in [0.3, 0.4) is 0 Å². The largest absolute Gasteiger partial charge is 0.468 e. The van der Waals surface area contributed by atoms with Gasteiger partial charge in [0.2, 0.25) is 0 Å². The van der Waals surface area contributed by atoms with Gasteiger partial charge in [-0.1, -0.05) is 6.07 Å². The summed E-state index contributed by atoms with van der Waals surface area (Å²) in [5.41, 5.74) is 5.58. The number of methoxy groups -OCH3 is 1. The molecule has 0 unspecified atom stereocenters. The zero-order valence-electron chi connectivity index (χ0n) is 7.87. The second-order valence-corrected chi connectivity index (χ2v) is 2.67. The van der Waals surface area contributed by atoms with Crippen molar-refractivity contribution in [2.75, 3.05) is 7.11 Å². The van der Waals surface area contributed by atoms with Gasteiger partial charge in [0.1, 0.15) is 6.04 Å². The van der Waals surface area contributed by atoms with Gasteiger partial charge in [-0.25, -0.2) is 8.78 Å². The van der Waals surface area contributed by atoms with Gasteiger partial charge < -0.3 is 10.5 Å². The molecular formula is C9H10ClF2NO2. The number of rotatable bonds is 2. The summed E-state index contributed by atoms with van der Waals surface area (Å²) >= 11 is 0. The van der Waals surface area contributed by atoms with Crippen LogP contribution in [0.4, 0.5) is 8.78 Å². The number of nitrogens with two attached hydrogens (primary N) is 1. The van der Waals surface area contributed by atoms with Crippen molar-refractivity contribution in [2.24, 2.45) is 5.73 Å². The number of halogens is 3. The molecule has 0 saturated carbocycles. The molecule has 0 aliphatic carbocycles. The van der Waals surface area contributed by atoms with Crippen LogP contribution in [0.15, 0.2) is 18.2 Å². The van der Waals surface area contributed by atoms with Gasteiger partial charge in [0.15, 0.2) is 11.6 Å². The molecule has 2 N–H and O–H groups in total. The lowest BCUT2D eigenvalue weighted by molar-refractivity contribution is -0.142. The summed E-state index contributed by atoms with van der Waals surface area (Å²) in [5.74, 6) is -2.72. The van der Waals surface area contributed by atoms with E-state index in [-0.39, 0.29) is 18.0 Å². The Morgan fingerprint density at radius 2 is 2.00 bits per heavy atom. The molecule has 15 heavy (non-hydrogen) atoms. The molecule has 0 radical (unpaired) electrons. The normalized spacial score (nSPS) is 11.5.